The highest BCUT2D eigenvalue weighted by Gasteiger charge is 2.31. The topological polar surface area (TPSA) is 46.2 Å². The largest absolute Gasteiger partial charge is 0.314 e. The van der Waals surface area contributed by atoms with Crippen LogP contribution < -0.4 is 5.32 Å². The summed E-state index contributed by atoms with van der Waals surface area (Å²) in [6.45, 7) is 5.37. The summed E-state index contributed by atoms with van der Waals surface area (Å²) in [6.07, 6.45) is 6.44. The first-order valence-electron chi connectivity index (χ1n) is 6.37. The maximum absolute atomic E-state index is 11.5. The van der Waals surface area contributed by atoms with Gasteiger partial charge in [-0.05, 0) is 45.1 Å². The van der Waals surface area contributed by atoms with E-state index in [0.717, 1.165) is 32.2 Å². The molecule has 3 nitrogen and oxygen atoms in total. The Bertz CT molecular complexity index is 300. The van der Waals surface area contributed by atoms with Gasteiger partial charge in [0, 0.05) is 12.3 Å². The number of sulfone groups is 1. The molecule has 96 valence electrons. The minimum absolute atomic E-state index is 0.0999. The Balaban J connectivity index is 2.50. The van der Waals surface area contributed by atoms with Crippen molar-refractivity contribution >= 4 is 9.84 Å². The summed E-state index contributed by atoms with van der Waals surface area (Å²) in [5.74, 6) is 0.528. The van der Waals surface area contributed by atoms with Crippen LogP contribution in [0.1, 0.15) is 46.0 Å². The molecule has 0 saturated heterocycles. The first-order chi connectivity index (χ1) is 7.45. The third-order valence-electron chi connectivity index (χ3n) is 3.70. The standard InChI is InChI=1S/C12H25NO2S/c1-4-8-13-10(2)11-6-5-7-12(9-11)16(3,14)15/h10-13H,4-9H2,1-3H3. The zero-order valence-corrected chi connectivity index (χ0v) is 11.5. The Hall–Kier alpha value is -0.0900. The molecule has 3 atom stereocenters. The van der Waals surface area contributed by atoms with Crippen molar-refractivity contribution in [2.24, 2.45) is 5.92 Å². The molecule has 1 rings (SSSR count). The lowest BCUT2D eigenvalue weighted by atomic mass is 9.84. The van der Waals surface area contributed by atoms with Gasteiger partial charge in [-0.25, -0.2) is 8.42 Å². The van der Waals surface area contributed by atoms with Gasteiger partial charge in [0.05, 0.1) is 5.25 Å². The van der Waals surface area contributed by atoms with E-state index >= 15 is 0 Å². The summed E-state index contributed by atoms with van der Waals surface area (Å²) < 4.78 is 23.1. The van der Waals surface area contributed by atoms with E-state index in [0.29, 0.717) is 12.0 Å². The second-order valence-electron chi connectivity index (χ2n) is 5.12. The number of hydrogen-bond acceptors (Lipinski definition) is 3. The summed E-state index contributed by atoms with van der Waals surface area (Å²) in [4.78, 5) is 0. The van der Waals surface area contributed by atoms with Crippen LogP contribution in [-0.4, -0.2) is 32.5 Å². The van der Waals surface area contributed by atoms with Gasteiger partial charge in [-0.2, -0.15) is 0 Å². The molecule has 1 N–H and O–H groups in total. The maximum Gasteiger partial charge on any atom is 0.150 e. The Kier molecular flexibility index (Phi) is 5.25. The van der Waals surface area contributed by atoms with Gasteiger partial charge in [-0.15, -0.1) is 0 Å². The Morgan fingerprint density at radius 1 is 1.38 bits per heavy atom. The molecule has 0 bridgehead atoms. The van der Waals surface area contributed by atoms with Crippen molar-refractivity contribution in [2.75, 3.05) is 12.8 Å². The van der Waals surface area contributed by atoms with E-state index in [1.807, 2.05) is 0 Å². The van der Waals surface area contributed by atoms with Gasteiger partial charge < -0.3 is 5.32 Å². The number of nitrogens with one attached hydrogen (secondary N) is 1. The van der Waals surface area contributed by atoms with Crippen molar-refractivity contribution in [3.8, 4) is 0 Å². The van der Waals surface area contributed by atoms with Gasteiger partial charge in [0.2, 0.25) is 0 Å². The van der Waals surface area contributed by atoms with E-state index in [9.17, 15) is 8.42 Å². The Morgan fingerprint density at radius 3 is 2.62 bits per heavy atom. The molecule has 4 heteroatoms. The lowest BCUT2D eigenvalue weighted by molar-refractivity contribution is 0.283. The van der Waals surface area contributed by atoms with Gasteiger partial charge in [0.25, 0.3) is 0 Å². The molecule has 1 aliphatic carbocycles. The molecular weight excluding hydrogens is 222 g/mol. The molecule has 3 unspecified atom stereocenters. The first kappa shape index (κ1) is 14.0. The van der Waals surface area contributed by atoms with Crippen LogP contribution in [0.3, 0.4) is 0 Å². The number of rotatable bonds is 5. The molecule has 16 heavy (non-hydrogen) atoms. The lowest BCUT2D eigenvalue weighted by Gasteiger charge is -2.32. The molecule has 1 aliphatic rings. The molecule has 0 heterocycles. The van der Waals surface area contributed by atoms with Crippen molar-refractivity contribution in [2.45, 2.75) is 57.2 Å². The predicted octanol–water partition coefficient (Wildman–Crippen LogP) is 1.98. The van der Waals surface area contributed by atoms with Crippen molar-refractivity contribution in [1.29, 1.82) is 0 Å². The SMILES string of the molecule is CCCNC(C)C1CCCC(S(C)(=O)=O)C1. The maximum atomic E-state index is 11.5. The lowest BCUT2D eigenvalue weighted by Crippen LogP contribution is -2.39. The van der Waals surface area contributed by atoms with Crippen molar-refractivity contribution in [3.63, 3.8) is 0 Å². The van der Waals surface area contributed by atoms with Gasteiger partial charge in [-0.1, -0.05) is 13.3 Å². The second-order valence-corrected chi connectivity index (χ2v) is 7.45. The minimum atomic E-state index is -2.84. The van der Waals surface area contributed by atoms with Gasteiger partial charge in [-0.3, -0.25) is 0 Å². The smallest absolute Gasteiger partial charge is 0.150 e. The normalized spacial score (nSPS) is 28.9. The van der Waals surface area contributed by atoms with Gasteiger partial charge in [0.1, 0.15) is 9.84 Å². The van der Waals surface area contributed by atoms with E-state index in [2.05, 4.69) is 19.2 Å². The fourth-order valence-electron chi connectivity index (χ4n) is 2.56. The highest BCUT2D eigenvalue weighted by molar-refractivity contribution is 7.91. The molecular formula is C12H25NO2S. The van der Waals surface area contributed by atoms with E-state index in [-0.39, 0.29) is 5.25 Å². The van der Waals surface area contributed by atoms with Crippen molar-refractivity contribution < 1.29 is 8.42 Å². The third-order valence-corrected chi connectivity index (χ3v) is 5.33. The number of hydrogen-bond donors (Lipinski definition) is 1. The minimum Gasteiger partial charge on any atom is -0.314 e. The Labute approximate surface area is 99.9 Å². The average Bonchev–Trinajstić information content (AvgIpc) is 2.25. The summed E-state index contributed by atoms with van der Waals surface area (Å²) >= 11 is 0. The summed E-state index contributed by atoms with van der Waals surface area (Å²) in [5, 5.41) is 3.38. The predicted molar refractivity (Wildman–Crippen MR) is 68.3 cm³/mol. The molecule has 1 fully saturated rings. The molecule has 0 aromatic heterocycles. The van der Waals surface area contributed by atoms with Crippen LogP contribution in [0.15, 0.2) is 0 Å². The summed E-state index contributed by atoms with van der Waals surface area (Å²) in [7, 11) is -2.84. The molecule has 0 aromatic rings. The molecule has 0 aromatic carbocycles. The van der Waals surface area contributed by atoms with Crippen LogP contribution in [0.25, 0.3) is 0 Å². The molecule has 0 aliphatic heterocycles. The zero-order chi connectivity index (χ0) is 12.2. The zero-order valence-electron chi connectivity index (χ0n) is 10.7. The quantitative estimate of drug-likeness (QED) is 0.808. The average molecular weight is 247 g/mol. The van der Waals surface area contributed by atoms with Crippen LogP contribution in [0, 0.1) is 5.92 Å². The van der Waals surface area contributed by atoms with E-state index in [4.69, 9.17) is 0 Å². The fourth-order valence-corrected chi connectivity index (χ4v) is 3.75. The molecule has 0 radical (unpaired) electrons. The monoisotopic (exact) mass is 247 g/mol. The van der Waals surface area contributed by atoms with Crippen LogP contribution in [0.4, 0.5) is 0 Å². The van der Waals surface area contributed by atoms with Crippen LogP contribution in [0.2, 0.25) is 0 Å². The van der Waals surface area contributed by atoms with Crippen LogP contribution in [-0.2, 0) is 9.84 Å². The first-order valence-corrected chi connectivity index (χ1v) is 8.32. The van der Waals surface area contributed by atoms with Crippen molar-refractivity contribution in [1.82, 2.24) is 5.32 Å². The van der Waals surface area contributed by atoms with Gasteiger partial charge >= 0.3 is 0 Å². The summed E-state index contributed by atoms with van der Waals surface area (Å²) in [6, 6.07) is 0.449. The van der Waals surface area contributed by atoms with Crippen LogP contribution >= 0.6 is 0 Å². The van der Waals surface area contributed by atoms with Crippen LogP contribution in [0.5, 0.6) is 0 Å². The third kappa shape index (κ3) is 4.06. The highest BCUT2D eigenvalue weighted by atomic mass is 32.2. The van der Waals surface area contributed by atoms with E-state index < -0.39 is 9.84 Å². The molecule has 0 spiro atoms. The Morgan fingerprint density at radius 2 is 2.06 bits per heavy atom. The molecule has 0 amide bonds. The van der Waals surface area contributed by atoms with Gasteiger partial charge in [0.15, 0.2) is 0 Å². The van der Waals surface area contributed by atoms with E-state index in [1.165, 1.54) is 12.7 Å². The van der Waals surface area contributed by atoms with Crippen molar-refractivity contribution in [3.05, 3.63) is 0 Å². The summed E-state index contributed by atoms with van der Waals surface area (Å²) in [5.41, 5.74) is 0. The molecule has 1 saturated carbocycles. The van der Waals surface area contributed by atoms with E-state index in [1.54, 1.807) is 0 Å². The fraction of sp³-hybridized carbons (Fsp3) is 1.00. The second kappa shape index (κ2) is 6.01. The highest BCUT2D eigenvalue weighted by Crippen LogP contribution is 2.30.